The molecule has 0 aliphatic carbocycles. The van der Waals surface area contributed by atoms with Gasteiger partial charge < -0.3 is 15.2 Å². The van der Waals surface area contributed by atoms with E-state index in [2.05, 4.69) is 66.7 Å². The second kappa shape index (κ2) is 5.34. The Morgan fingerprint density at radius 3 is 2.82 bits per heavy atom. The van der Waals surface area contributed by atoms with Crippen molar-refractivity contribution >= 4 is 10.9 Å². The first-order valence-corrected chi connectivity index (χ1v) is 6.10. The van der Waals surface area contributed by atoms with Crippen LogP contribution < -0.4 is 5.32 Å². The minimum Gasteiger partial charge on any atom is -0.361 e. The number of benzene rings is 1. The molecule has 17 heavy (non-hydrogen) atoms. The van der Waals surface area contributed by atoms with Crippen LogP contribution in [-0.4, -0.2) is 36.6 Å². The standard InChI is InChI=1S/C14H21N3/c1-11(17(2)3)8-15-9-12-10-16-14-7-5-4-6-13(12)14/h4-7,10-11,15-16H,8-9H2,1-3H3. The molecule has 1 aromatic heterocycles. The van der Waals surface area contributed by atoms with Crippen molar-refractivity contribution in [3.8, 4) is 0 Å². The van der Waals surface area contributed by atoms with Crippen molar-refractivity contribution in [3.63, 3.8) is 0 Å². The van der Waals surface area contributed by atoms with Gasteiger partial charge in [-0.2, -0.15) is 0 Å². The summed E-state index contributed by atoms with van der Waals surface area (Å²) in [5.41, 5.74) is 2.55. The van der Waals surface area contributed by atoms with Gasteiger partial charge in [-0.25, -0.2) is 0 Å². The molecule has 1 heterocycles. The van der Waals surface area contributed by atoms with Gasteiger partial charge in [-0.3, -0.25) is 0 Å². The molecule has 1 aromatic carbocycles. The number of hydrogen-bond donors (Lipinski definition) is 2. The predicted octanol–water partition coefficient (Wildman–Crippen LogP) is 2.21. The fourth-order valence-corrected chi connectivity index (χ4v) is 1.88. The third-order valence-electron chi connectivity index (χ3n) is 3.31. The van der Waals surface area contributed by atoms with E-state index in [1.54, 1.807) is 0 Å². The van der Waals surface area contributed by atoms with E-state index in [4.69, 9.17) is 0 Å². The molecule has 0 aliphatic rings. The average Bonchev–Trinajstić information content (AvgIpc) is 2.72. The summed E-state index contributed by atoms with van der Waals surface area (Å²) in [7, 11) is 4.22. The zero-order valence-corrected chi connectivity index (χ0v) is 10.8. The Balaban J connectivity index is 1.95. The minimum absolute atomic E-state index is 0.556. The van der Waals surface area contributed by atoms with Crippen molar-refractivity contribution in [2.24, 2.45) is 0 Å². The third-order valence-corrected chi connectivity index (χ3v) is 3.31. The molecule has 2 aromatic rings. The van der Waals surface area contributed by atoms with Gasteiger partial charge in [0, 0.05) is 36.2 Å². The highest BCUT2D eigenvalue weighted by atomic mass is 15.1. The second-order valence-corrected chi connectivity index (χ2v) is 4.80. The SMILES string of the molecule is CC(CNCc1c[nH]c2ccccc12)N(C)C. The molecule has 2 rings (SSSR count). The van der Waals surface area contributed by atoms with Gasteiger partial charge in [0.15, 0.2) is 0 Å². The fourth-order valence-electron chi connectivity index (χ4n) is 1.88. The molecule has 0 amide bonds. The smallest absolute Gasteiger partial charge is 0.0457 e. The lowest BCUT2D eigenvalue weighted by Gasteiger charge is -2.19. The summed E-state index contributed by atoms with van der Waals surface area (Å²) in [6, 6.07) is 8.98. The fraction of sp³-hybridized carbons (Fsp3) is 0.429. The molecule has 2 N–H and O–H groups in total. The molecule has 0 bridgehead atoms. The van der Waals surface area contributed by atoms with E-state index in [0.717, 1.165) is 13.1 Å². The zero-order valence-electron chi connectivity index (χ0n) is 10.8. The maximum Gasteiger partial charge on any atom is 0.0457 e. The number of aromatic nitrogens is 1. The monoisotopic (exact) mass is 231 g/mol. The van der Waals surface area contributed by atoms with Crippen LogP contribution in [0.5, 0.6) is 0 Å². The van der Waals surface area contributed by atoms with Gasteiger partial charge in [0.05, 0.1) is 0 Å². The van der Waals surface area contributed by atoms with E-state index < -0.39 is 0 Å². The van der Waals surface area contributed by atoms with Gasteiger partial charge in [0.1, 0.15) is 0 Å². The Kier molecular flexibility index (Phi) is 3.82. The Hall–Kier alpha value is -1.32. The number of nitrogens with zero attached hydrogens (tertiary/aromatic N) is 1. The lowest BCUT2D eigenvalue weighted by molar-refractivity contribution is 0.303. The highest BCUT2D eigenvalue weighted by Crippen LogP contribution is 2.17. The lowest BCUT2D eigenvalue weighted by Crippen LogP contribution is -2.35. The summed E-state index contributed by atoms with van der Waals surface area (Å²) in [6.07, 6.45) is 2.10. The van der Waals surface area contributed by atoms with Gasteiger partial charge in [0.2, 0.25) is 0 Å². The van der Waals surface area contributed by atoms with Crippen molar-refractivity contribution in [3.05, 3.63) is 36.0 Å². The van der Waals surface area contributed by atoms with E-state index >= 15 is 0 Å². The van der Waals surface area contributed by atoms with Gasteiger partial charge in [-0.05, 0) is 32.6 Å². The van der Waals surface area contributed by atoms with Crippen molar-refractivity contribution in [1.82, 2.24) is 15.2 Å². The van der Waals surface area contributed by atoms with E-state index in [-0.39, 0.29) is 0 Å². The first-order valence-electron chi connectivity index (χ1n) is 6.10. The Morgan fingerprint density at radius 1 is 1.29 bits per heavy atom. The van der Waals surface area contributed by atoms with Crippen LogP contribution in [0.25, 0.3) is 10.9 Å². The second-order valence-electron chi connectivity index (χ2n) is 4.80. The molecule has 0 spiro atoms. The summed E-state index contributed by atoms with van der Waals surface area (Å²) >= 11 is 0. The first kappa shape index (κ1) is 12.1. The number of para-hydroxylation sites is 1. The molecular weight excluding hydrogens is 210 g/mol. The molecule has 92 valence electrons. The summed E-state index contributed by atoms with van der Waals surface area (Å²) in [4.78, 5) is 5.52. The van der Waals surface area contributed by atoms with E-state index in [9.17, 15) is 0 Å². The number of aromatic amines is 1. The summed E-state index contributed by atoms with van der Waals surface area (Å²) in [5.74, 6) is 0. The third kappa shape index (κ3) is 2.87. The highest BCUT2D eigenvalue weighted by Gasteiger charge is 2.05. The number of hydrogen-bond acceptors (Lipinski definition) is 2. The maximum absolute atomic E-state index is 3.50. The molecule has 0 fully saturated rings. The normalized spacial score (nSPS) is 13.4. The van der Waals surface area contributed by atoms with Crippen LogP contribution >= 0.6 is 0 Å². The van der Waals surface area contributed by atoms with E-state index in [0.29, 0.717) is 6.04 Å². The van der Waals surface area contributed by atoms with Crippen molar-refractivity contribution < 1.29 is 0 Å². The molecular formula is C14H21N3. The quantitative estimate of drug-likeness (QED) is 0.826. The average molecular weight is 231 g/mol. The maximum atomic E-state index is 3.50. The van der Waals surface area contributed by atoms with Crippen LogP contribution in [0.2, 0.25) is 0 Å². The summed E-state index contributed by atoms with van der Waals surface area (Å²) < 4.78 is 0. The van der Waals surface area contributed by atoms with E-state index in [1.807, 2.05) is 0 Å². The zero-order chi connectivity index (χ0) is 12.3. The topological polar surface area (TPSA) is 31.1 Å². The molecule has 0 saturated heterocycles. The van der Waals surface area contributed by atoms with E-state index in [1.165, 1.54) is 16.5 Å². The van der Waals surface area contributed by atoms with Gasteiger partial charge in [0.25, 0.3) is 0 Å². The molecule has 0 radical (unpaired) electrons. The van der Waals surface area contributed by atoms with Gasteiger partial charge in [-0.15, -0.1) is 0 Å². The molecule has 3 nitrogen and oxygen atoms in total. The van der Waals surface area contributed by atoms with Crippen LogP contribution in [0.1, 0.15) is 12.5 Å². The number of likely N-dealkylation sites (N-methyl/N-ethyl adjacent to an activating group) is 1. The Morgan fingerprint density at radius 2 is 2.06 bits per heavy atom. The Labute approximate surface area is 103 Å². The van der Waals surface area contributed by atoms with Crippen LogP contribution in [-0.2, 0) is 6.54 Å². The van der Waals surface area contributed by atoms with Crippen LogP contribution in [0.15, 0.2) is 30.5 Å². The predicted molar refractivity (Wildman–Crippen MR) is 73.2 cm³/mol. The summed E-state index contributed by atoms with van der Waals surface area (Å²) in [5, 5.41) is 4.82. The number of fused-ring (bicyclic) bond motifs is 1. The molecule has 3 heteroatoms. The highest BCUT2D eigenvalue weighted by molar-refractivity contribution is 5.82. The lowest BCUT2D eigenvalue weighted by atomic mass is 10.2. The van der Waals surface area contributed by atoms with Crippen LogP contribution in [0, 0.1) is 0 Å². The minimum atomic E-state index is 0.556. The summed E-state index contributed by atoms with van der Waals surface area (Å²) in [6.45, 7) is 4.15. The van der Waals surface area contributed by atoms with Gasteiger partial charge in [-0.1, -0.05) is 18.2 Å². The number of rotatable bonds is 5. The first-order chi connectivity index (χ1) is 8.18. The van der Waals surface area contributed by atoms with Crippen molar-refractivity contribution in [1.29, 1.82) is 0 Å². The Bertz CT molecular complexity index is 473. The van der Waals surface area contributed by atoms with Crippen LogP contribution in [0.4, 0.5) is 0 Å². The number of nitrogens with one attached hydrogen (secondary N) is 2. The van der Waals surface area contributed by atoms with Gasteiger partial charge >= 0.3 is 0 Å². The molecule has 0 saturated carbocycles. The largest absolute Gasteiger partial charge is 0.361 e. The van der Waals surface area contributed by atoms with Crippen molar-refractivity contribution in [2.75, 3.05) is 20.6 Å². The molecule has 1 unspecified atom stereocenters. The number of H-pyrrole nitrogens is 1. The van der Waals surface area contributed by atoms with Crippen LogP contribution in [0.3, 0.4) is 0 Å². The molecule has 1 atom stereocenters. The molecule has 0 aliphatic heterocycles. The van der Waals surface area contributed by atoms with Crippen molar-refractivity contribution in [2.45, 2.75) is 19.5 Å².